The first-order chi connectivity index (χ1) is 6.99. The van der Waals surface area contributed by atoms with E-state index in [0.29, 0.717) is 0 Å². The van der Waals surface area contributed by atoms with Crippen molar-refractivity contribution in [2.24, 2.45) is 0 Å². The van der Waals surface area contributed by atoms with Gasteiger partial charge in [-0.1, -0.05) is 6.92 Å². The van der Waals surface area contributed by atoms with E-state index in [1.165, 1.54) is 21.1 Å². The number of ketones is 1. The smallest absolute Gasteiger partial charge is 0.344 e. The second-order valence-electron chi connectivity index (χ2n) is 2.86. The number of hydrogen-bond donors (Lipinski definition) is 1. The molecule has 6 nitrogen and oxygen atoms in total. The number of carboxylic acids is 1. The molecular formula is C9H16O6Ti. The van der Waals surface area contributed by atoms with Crippen LogP contribution in [0.5, 0.6) is 0 Å². The molecule has 0 fully saturated rings. The zero-order valence-corrected chi connectivity index (χ0v) is 11.3. The standard InChI is InChI=1S/C9H16O6.Ti/c1-5-9(15-4,8(11)12)6(10)7(13-2)14-3;/h7H,5H2,1-4H3,(H,11,12);. The van der Waals surface area contributed by atoms with Crippen LogP contribution in [-0.4, -0.2) is 50.1 Å². The second kappa shape index (κ2) is 7.92. The number of carboxylic acid groups (broad SMARTS) is 1. The van der Waals surface area contributed by atoms with Crippen LogP contribution in [0.4, 0.5) is 0 Å². The maximum absolute atomic E-state index is 11.8. The first-order valence-electron chi connectivity index (χ1n) is 4.38. The Morgan fingerprint density at radius 3 is 1.88 bits per heavy atom. The maximum atomic E-state index is 11.8. The van der Waals surface area contributed by atoms with E-state index >= 15 is 0 Å². The van der Waals surface area contributed by atoms with Gasteiger partial charge in [-0.25, -0.2) is 4.79 Å². The molecule has 1 unspecified atom stereocenters. The van der Waals surface area contributed by atoms with Gasteiger partial charge in [-0.15, -0.1) is 0 Å². The molecule has 92 valence electrons. The van der Waals surface area contributed by atoms with Crippen LogP contribution < -0.4 is 0 Å². The summed E-state index contributed by atoms with van der Waals surface area (Å²) in [5.74, 6) is -2.11. The molecule has 0 radical (unpaired) electrons. The van der Waals surface area contributed by atoms with Crippen molar-refractivity contribution < 1.29 is 50.6 Å². The van der Waals surface area contributed by atoms with Crippen LogP contribution in [0.15, 0.2) is 0 Å². The molecule has 1 N–H and O–H groups in total. The van der Waals surface area contributed by atoms with Crippen LogP contribution in [-0.2, 0) is 45.5 Å². The Bertz CT molecular complexity index is 234. The van der Waals surface area contributed by atoms with Gasteiger partial charge in [0.15, 0.2) is 0 Å². The van der Waals surface area contributed by atoms with Gasteiger partial charge in [0.2, 0.25) is 17.7 Å². The van der Waals surface area contributed by atoms with Gasteiger partial charge in [0.05, 0.1) is 0 Å². The SMILES string of the molecule is CCC(OC)(C(=O)O)C(=O)C(OC)OC.[Ti]. The number of carbonyl (C=O) groups excluding carboxylic acids is 1. The minimum Gasteiger partial charge on any atom is -0.479 e. The van der Waals surface area contributed by atoms with Crippen LogP contribution in [0.1, 0.15) is 13.3 Å². The van der Waals surface area contributed by atoms with Crippen molar-refractivity contribution in [1.29, 1.82) is 0 Å². The van der Waals surface area contributed by atoms with E-state index < -0.39 is 23.6 Å². The summed E-state index contributed by atoms with van der Waals surface area (Å²) >= 11 is 0. The molecule has 16 heavy (non-hydrogen) atoms. The van der Waals surface area contributed by atoms with Crippen molar-refractivity contribution >= 4 is 11.8 Å². The molecular weight excluding hydrogens is 252 g/mol. The molecule has 0 aliphatic rings. The normalized spacial score (nSPS) is 14.1. The molecule has 0 aromatic rings. The predicted molar refractivity (Wildman–Crippen MR) is 50.5 cm³/mol. The van der Waals surface area contributed by atoms with E-state index in [9.17, 15) is 9.59 Å². The van der Waals surface area contributed by atoms with Gasteiger partial charge in [-0.05, 0) is 6.42 Å². The first kappa shape index (κ1) is 18.1. The summed E-state index contributed by atoms with van der Waals surface area (Å²) < 4.78 is 14.2. The third-order valence-corrected chi connectivity index (χ3v) is 2.23. The Morgan fingerprint density at radius 2 is 1.69 bits per heavy atom. The number of carbonyl (C=O) groups is 2. The summed E-state index contributed by atoms with van der Waals surface area (Å²) in [5, 5.41) is 8.98. The summed E-state index contributed by atoms with van der Waals surface area (Å²) in [6, 6.07) is 0. The average molecular weight is 268 g/mol. The zero-order valence-electron chi connectivity index (χ0n) is 9.77. The summed E-state index contributed by atoms with van der Waals surface area (Å²) in [6.45, 7) is 1.54. The monoisotopic (exact) mass is 268 g/mol. The predicted octanol–water partition coefficient (Wildman–Crippen LogP) is 0.0517. The van der Waals surface area contributed by atoms with Gasteiger partial charge in [0.1, 0.15) is 0 Å². The zero-order chi connectivity index (χ0) is 12.1. The average Bonchev–Trinajstić information content (AvgIpc) is 2.22. The van der Waals surface area contributed by atoms with Gasteiger partial charge in [0, 0.05) is 43.0 Å². The van der Waals surface area contributed by atoms with E-state index in [4.69, 9.17) is 19.3 Å². The number of rotatable bonds is 7. The first-order valence-corrected chi connectivity index (χ1v) is 4.38. The molecule has 0 heterocycles. The van der Waals surface area contributed by atoms with Gasteiger partial charge >= 0.3 is 5.97 Å². The number of hydrogen-bond acceptors (Lipinski definition) is 5. The van der Waals surface area contributed by atoms with E-state index in [1.807, 2.05) is 0 Å². The van der Waals surface area contributed by atoms with Crippen LogP contribution in [0.25, 0.3) is 0 Å². The Hall–Kier alpha value is -0.266. The fraction of sp³-hybridized carbons (Fsp3) is 0.778. The Balaban J connectivity index is 0. The van der Waals surface area contributed by atoms with Crippen LogP contribution in [0.3, 0.4) is 0 Å². The molecule has 0 spiro atoms. The largest absolute Gasteiger partial charge is 0.479 e. The molecule has 0 aromatic carbocycles. The number of ether oxygens (including phenoxy) is 3. The van der Waals surface area contributed by atoms with Gasteiger partial charge in [-0.2, -0.15) is 0 Å². The molecule has 0 aliphatic heterocycles. The van der Waals surface area contributed by atoms with Gasteiger partial charge in [-0.3, -0.25) is 4.79 Å². The molecule has 1 atom stereocenters. The van der Waals surface area contributed by atoms with Crippen molar-refractivity contribution in [2.45, 2.75) is 25.2 Å². The van der Waals surface area contributed by atoms with Crippen molar-refractivity contribution in [3.05, 3.63) is 0 Å². The van der Waals surface area contributed by atoms with E-state index in [1.54, 1.807) is 0 Å². The Kier molecular flexibility index (Phi) is 8.96. The summed E-state index contributed by atoms with van der Waals surface area (Å²) in [6.07, 6.45) is -1.23. The number of methoxy groups -OCH3 is 3. The number of aliphatic carboxylic acids is 1. The summed E-state index contributed by atoms with van der Waals surface area (Å²) in [5.41, 5.74) is -1.91. The van der Waals surface area contributed by atoms with Crippen LogP contribution in [0.2, 0.25) is 0 Å². The Labute approximate surface area is 109 Å². The van der Waals surface area contributed by atoms with E-state index in [-0.39, 0.29) is 28.1 Å². The summed E-state index contributed by atoms with van der Waals surface area (Å²) in [4.78, 5) is 22.8. The van der Waals surface area contributed by atoms with E-state index in [2.05, 4.69) is 0 Å². The van der Waals surface area contributed by atoms with Gasteiger partial charge < -0.3 is 19.3 Å². The molecule has 7 heteroatoms. The third-order valence-electron chi connectivity index (χ3n) is 2.23. The fourth-order valence-corrected chi connectivity index (χ4v) is 1.26. The van der Waals surface area contributed by atoms with Crippen LogP contribution in [0, 0.1) is 0 Å². The molecule has 0 aromatic heterocycles. The summed E-state index contributed by atoms with van der Waals surface area (Å²) in [7, 11) is 3.67. The quantitative estimate of drug-likeness (QED) is 0.399. The molecule has 0 rings (SSSR count). The minimum atomic E-state index is -1.91. The third kappa shape index (κ3) is 3.36. The van der Waals surface area contributed by atoms with Gasteiger partial charge in [0.25, 0.3) is 0 Å². The fourth-order valence-electron chi connectivity index (χ4n) is 1.26. The number of Topliss-reactive ketones (excluding diaryl/α,β-unsaturated/α-hetero) is 1. The topological polar surface area (TPSA) is 82.1 Å². The second-order valence-corrected chi connectivity index (χ2v) is 2.86. The van der Waals surface area contributed by atoms with Crippen molar-refractivity contribution in [3.8, 4) is 0 Å². The van der Waals surface area contributed by atoms with Crippen LogP contribution >= 0.6 is 0 Å². The maximum Gasteiger partial charge on any atom is 0.344 e. The molecule has 0 aliphatic carbocycles. The van der Waals surface area contributed by atoms with Crippen molar-refractivity contribution in [2.75, 3.05) is 21.3 Å². The molecule has 0 saturated carbocycles. The Morgan fingerprint density at radius 1 is 1.25 bits per heavy atom. The van der Waals surface area contributed by atoms with E-state index in [0.717, 1.165) is 7.11 Å². The minimum absolute atomic E-state index is 0. The molecule has 0 amide bonds. The molecule has 0 saturated heterocycles. The van der Waals surface area contributed by atoms with Crippen molar-refractivity contribution in [3.63, 3.8) is 0 Å². The molecule has 0 bridgehead atoms. The van der Waals surface area contributed by atoms with Crippen molar-refractivity contribution in [1.82, 2.24) is 0 Å².